The minimum absolute atomic E-state index is 0.399. The van der Waals surface area contributed by atoms with Gasteiger partial charge in [-0.3, -0.25) is 0 Å². The lowest BCUT2D eigenvalue weighted by atomic mass is 10.1. The number of rotatable bonds is 4. The Morgan fingerprint density at radius 3 is 2.60 bits per heavy atom. The van der Waals surface area contributed by atoms with Crippen molar-refractivity contribution in [3.8, 4) is 0 Å². The summed E-state index contributed by atoms with van der Waals surface area (Å²) in [4.78, 5) is 0. The fourth-order valence-corrected chi connectivity index (χ4v) is 1.59. The summed E-state index contributed by atoms with van der Waals surface area (Å²) in [6, 6.07) is 6.33. The number of halogens is 1. The molecule has 0 heterocycles. The number of hydrogen-bond donors (Lipinski definition) is 2. The van der Waals surface area contributed by atoms with E-state index in [-0.39, 0.29) is 0 Å². The molecule has 2 N–H and O–H groups in total. The van der Waals surface area contributed by atoms with E-state index in [1.165, 1.54) is 0 Å². The highest BCUT2D eigenvalue weighted by Gasteiger charge is 2.08. The van der Waals surface area contributed by atoms with Crippen molar-refractivity contribution in [3.63, 3.8) is 0 Å². The predicted octanol–water partition coefficient (Wildman–Crippen LogP) is 2.79. The van der Waals surface area contributed by atoms with Gasteiger partial charge in [0.2, 0.25) is 0 Å². The van der Waals surface area contributed by atoms with E-state index in [1.807, 2.05) is 25.1 Å². The van der Waals surface area contributed by atoms with Crippen molar-refractivity contribution < 1.29 is 5.11 Å². The molecule has 1 unspecified atom stereocenters. The number of hydrogen-bond acceptors (Lipinski definition) is 2. The molecule has 0 aromatic heterocycles. The molecule has 0 aliphatic heterocycles. The lowest BCUT2D eigenvalue weighted by Gasteiger charge is -2.15. The number of aryl methyl sites for hydroxylation is 1. The molecule has 0 saturated carbocycles. The van der Waals surface area contributed by atoms with Gasteiger partial charge in [0.15, 0.2) is 0 Å². The largest absolute Gasteiger partial charge is 0.387 e. The first kappa shape index (κ1) is 12.7. The molecule has 84 valence electrons. The average Bonchev–Trinajstić information content (AvgIpc) is 2.18. The molecule has 0 amide bonds. The Labute approximate surface area is 99.8 Å². The molecule has 1 aromatic rings. The zero-order chi connectivity index (χ0) is 11.4. The minimum atomic E-state index is -0.431. The maximum atomic E-state index is 9.91. The van der Waals surface area contributed by atoms with Crippen LogP contribution in [0, 0.1) is 6.92 Å². The molecule has 0 saturated heterocycles. The zero-order valence-corrected chi connectivity index (χ0v) is 11.0. The molecule has 0 radical (unpaired) electrons. The third-order valence-electron chi connectivity index (χ3n) is 2.29. The highest BCUT2D eigenvalue weighted by atomic mass is 79.9. The summed E-state index contributed by atoms with van der Waals surface area (Å²) in [6.07, 6.45) is -0.431. The molecular formula is C12H18BrNO. The SMILES string of the molecule is Cc1cc(C(O)CNC(C)C)ccc1Br. The third-order valence-corrected chi connectivity index (χ3v) is 3.18. The molecule has 1 atom stereocenters. The Bertz CT molecular complexity index is 325. The maximum Gasteiger partial charge on any atom is 0.0914 e. The molecule has 0 fully saturated rings. The van der Waals surface area contributed by atoms with Gasteiger partial charge in [0.1, 0.15) is 0 Å². The zero-order valence-electron chi connectivity index (χ0n) is 9.42. The Balaban J connectivity index is 2.65. The van der Waals surface area contributed by atoms with Crippen LogP contribution < -0.4 is 5.32 Å². The topological polar surface area (TPSA) is 32.3 Å². The molecule has 0 bridgehead atoms. The van der Waals surface area contributed by atoms with Crippen molar-refractivity contribution in [3.05, 3.63) is 33.8 Å². The van der Waals surface area contributed by atoms with Crippen LogP contribution in [0.3, 0.4) is 0 Å². The normalized spacial score (nSPS) is 13.2. The van der Waals surface area contributed by atoms with Gasteiger partial charge in [-0.1, -0.05) is 41.9 Å². The summed E-state index contributed by atoms with van der Waals surface area (Å²) < 4.78 is 1.08. The second-order valence-electron chi connectivity index (χ2n) is 4.09. The standard InChI is InChI=1S/C12H18BrNO/c1-8(2)14-7-12(15)10-4-5-11(13)9(3)6-10/h4-6,8,12,14-15H,7H2,1-3H3. The highest BCUT2D eigenvalue weighted by Crippen LogP contribution is 2.20. The summed E-state index contributed by atoms with van der Waals surface area (Å²) in [5.74, 6) is 0. The van der Waals surface area contributed by atoms with Crippen LogP contribution in [0.5, 0.6) is 0 Å². The predicted molar refractivity (Wildman–Crippen MR) is 67.0 cm³/mol. The monoisotopic (exact) mass is 271 g/mol. The van der Waals surface area contributed by atoms with Crippen LogP contribution >= 0.6 is 15.9 Å². The first-order chi connectivity index (χ1) is 7.00. The lowest BCUT2D eigenvalue weighted by Crippen LogP contribution is -2.27. The first-order valence-electron chi connectivity index (χ1n) is 5.18. The number of aliphatic hydroxyl groups excluding tert-OH is 1. The second-order valence-corrected chi connectivity index (χ2v) is 4.94. The average molecular weight is 272 g/mol. The van der Waals surface area contributed by atoms with Crippen molar-refractivity contribution in [2.24, 2.45) is 0 Å². The fraction of sp³-hybridized carbons (Fsp3) is 0.500. The van der Waals surface area contributed by atoms with Gasteiger partial charge in [0.05, 0.1) is 6.10 Å². The van der Waals surface area contributed by atoms with Gasteiger partial charge in [-0.05, 0) is 24.1 Å². The van der Waals surface area contributed by atoms with E-state index in [1.54, 1.807) is 0 Å². The highest BCUT2D eigenvalue weighted by molar-refractivity contribution is 9.10. The Kier molecular flexibility index (Phi) is 4.77. The van der Waals surface area contributed by atoms with E-state index in [0.717, 1.165) is 15.6 Å². The van der Waals surface area contributed by atoms with Crippen LogP contribution in [-0.2, 0) is 0 Å². The summed E-state index contributed by atoms with van der Waals surface area (Å²) in [6.45, 7) is 6.76. The number of aliphatic hydroxyl groups is 1. The van der Waals surface area contributed by atoms with E-state index in [2.05, 4.69) is 35.1 Å². The van der Waals surface area contributed by atoms with Crippen LogP contribution in [0.2, 0.25) is 0 Å². The molecule has 15 heavy (non-hydrogen) atoms. The Morgan fingerprint density at radius 2 is 2.07 bits per heavy atom. The van der Waals surface area contributed by atoms with Crippen molar-refractivity contribution in [2.75, 3.05) is 6.54 Å². The van der Waals surface area contributed by atoms with Gasteiger partial charge in [-0.15, -0.1) is 0 Å². The molecule has 3 heteroatoms. The molecule has 0 aliphatic rings. The first-order valence-corrected chi connectivity index (χ1v) is 5.97. The van der Waals surface area contributed by atoms with Gasteiger partial charge >= 0.3 is 0 Å². The summed E-state index contributed by atoms with van der Waals surface area (Å²) in [5, 5.41) is 13.1. The van der Waals surface area contributed by atoms with Gasteiger partial charge in [-0.2, -0.15) is 0 Å². The Hall–Kier alpha value is -0.380. The summed E-state index contributed by atoms with van der Waals surface area (Å²) in [5.41, 5.74) is 2.11. The van der Waals surface area contributed by atoms with E-state index < -0.39 is 6.10 Å². The van der Waals surface area contributed by atoms with Crippen molar-refractivity contribution in [1.82, 2.24) is 5.32 Å². The molecular weight excluding hydrogens is 254 g/mol. The molecule has 0 aliphatic carbocycles. The second kappa shape index (κ2) is 5.64. The van der Waals surface area contributed by atoms with Crippen LogP contribution in [-0.4, -0.2) is 17.7 Å². The fourth-order valence-electron chi connectivity index (χ4n) is 1.34. The van der Waals surface area contributed by atoms with E-state index in [0.29, 0.717) is 12.6 Å². The van der Waals surface area contributed by atoms with Crippen LogP contribution in [0.15, 0.2) is 22.7 Å². The minimum Gasteiger partial charge on any atom is -0.387 e. The van der Waals surface area contributed by atoms with Crippen LogP contribution in [0.1, 0.15) is 31.1 Å². The molecule has 2 nitrogen and oxygen atoms in total. The van der Waals surface area contributed by atoms with Gasteiger partial charge in [0.25, 0.3) is 0 Å². The van der Waals surface area contributed by atoms with Crippen LogP contribution in [0.25, 0.3) is 0 Å². The number of benzene rings is 1. The van der Waals surface area contributed by atoms with E-state index >= 15 is 0 Å². The third kappa shape index (κ3) is 3.93. The van der Waals surface area contributed by atoms with Crippen molar-refractivity contribution in [1.29, 1.82) is 0 Å². The number of nitrogens with one attached hydrogen (secondary N) is 1. The maximum absolute atomic E-state index is 9.91. The van der Waals surface area contributed by atoms with Gasteiger partial charge < -0.3 is 10.4 Å². The molecule has 1 rings (SSSR count). The van der Waals surface area contributed by atoms with E-state index in [9.17, 15) is 5.11 Å². The van der Waals surface area contributed by atoms with Crippen molar-refractivity contribution >= 4 is 15.9 Å². The molecule has 0 spiro atoms. The summed E-state index contributed by atoms with van der Waals surface area (Å²) in [7, 11) is 0. The summed E-state index contributed by atoms with van der Waals surface area (Å²) >= 11 is 3.44. The Morgan fingerprint density at radius 1 is 1.40 bits per heavy atom. The quantitative estimate of drug-likeness (QED) is 0.883. The smallest absolute Gasteiger partial charge is 0.0914 e. The lowest BCUT2D eigenvalue weighted by molar-refractivity contribution is 0.171. The van der Waals surface area contributed by atoms with Gasteiger partial charge in [0, 0.05) is 17.1 Å². The molecule has 1 aromatic carbocycles. The van der Waals surface area contributed by atoms with E-state index in [4.69, 9.17) is 0 Å². The van der Waals surface area contributed by atoms with Gasteiger partial charge in [-0.25, -0.2) is 0 Å². The van der Waals surface area contributed by atoms with Crippen molar-refractivity contribution in [2.45, 2.75) is 32.9 Å². The van der Waals surface area contributed by atoms with Crippen LogP contribution in [0.4, 0.5) is 0 Å².